The molecule has 1 aliphatic heterocycles. The number of hydrogen-bond donors (Lipinski definition) is 1. The highest BCUT2D eigenvalue weighted by atomic mass is 16.6. The molecule has 0 aromatic heterocycles. The molecule has 0 radical (unpaired) electrons. The summed E-state index contributed by atoms with van der Waals surface area (Å²) < 4.78 is 11.0. The molecule has 166 valence electrons. The highest BCUT2D eigenvalue weighted by Crippen LogP contribution is 2.26. The molecular formula is C23H29N3O5. The topological polar surface area (TPSA) is 93.9 Å². The van der Waals surface area contributed by atoms with Crippen LogP contribution in [0.1, 0.15) is 36.7 Å². The number of nitrogens with zero attached hydrogens (tertiary/aromatic N) is 2. The van der Waals surface area contributed by atoms with E-state index < -0.39 is 10.8 Å². The Balaban J connectivity index is 1.59. The van der Waals surface area contributed by atoms with Crippen molar-refractivity contribution in [2.24, 2.45) is 0 Å². The van der Waals surface area contributed by atoms with Gasteiger partial charge in [0.1, 0.15) is 17.9 Å². The van der Waals surface area contributed by atoms with Gasteiger partial charge in [0, 0.05) is 24.8 Å². The van der Waals surface area contributed by atoms with E-state index in [0.29, 0.717) is 32.1 Å². The molecule has 2 aromatic carbocycles. The van der Waals surface area contributed by atoms with Crippen molar-refractivity contribution < 1.29 is 19.2 Å². The van der Waals surface area contributed by atoms with Gasteiger partial charge in [-0.3, -0.25) is 14.9 Å². The van der Waals surface area contributed by atoms with Crippen molar-refractivity contribution >= 4 is 17.3 Å². The molecule has 2 aromatic rings. The van der Waals surface area contributed by atoms with Crippen LogP contribution < -0.4 is 15.0 Å². The van der Waals surface area contributed by atoms with Gasteiger partial charge in [-0.1, -0.05) is 32.9 Å². The average Bonchev–Trinajstić information content (AvgIpc) is 2.76. The maximum atomic E-state index is 12.7. The van der Waals surface area contributed by atoms with Crippen molar-refractivity contribution in [3.8, 4) is 5.75 Å². The summed E-state index contributed by atoms with van der Waals surface area (Å²) >= 11 is 0. The number of hydrogen-bond acceptors (Lipinski definition) is 6. The smallest absolute Gasteiger partial charge is 0.282 e. The first-order valence-electron chi connectivity index (χ1n) is 10.4. The summed E-state index contributed by atoms with van der Waals surface area (Å²) in [4.78, 5) is 25.6. The molecule has 0 spiro atoms. The Labute approximate surface area is 182 Å². The number of nitrogens with one attached hydrogen (secondary N) is 1. The van der Waals surface area contributed by atoms with Crippen LogP contribution in [0, 0.1) is 10.1 Å². The first-order chi connectivity index (χ1) is 14.8. The predicted octanol–water partition coefficient (Wildman–Crippen LogP) is 3.54. The van der Waals surface area contributed by atoms with E-state index in [0.717, 1.165) is 5.69 Å². The Morgan fingerprint density at radius 1 is 1.16 bits per heavy atom. The third kappa shape index (κ3) is 5.95. The van der Waals surface area contributed by atoms with Crippen LogP contribution in [0.15, 0.2) is 42.5 Å². The van der Waals surface area contributed by atoms with E-state index in [4.69, 9.17) is 9.47 Å². The van der Waals surface area contributed by atoms with Gasteiger partial charge in [0.15, 0.2) is 0 Å². The van der Waals surface area contributed by atoms with Crippen molar-refractivity contribution in [3.63, 3.8) is 0 Å². The summed E-state index contributed by atoms with van der Waals surface area (Å²) in [6.45, 7) is 9.47. The van der Waals surface area contributed by atoms with Crippen LogP contribution in [0.25, 0.3) is 0 Å². The average molecular weight is 428 g/mol. The monoisotopic (exact) mass is 427 g/mol. The zero-order valence-corrected chi connectivity index (χ0v) is 18.2. The lowest BCUT2D eigenvalue weighted by Crippen LogP contribution is -2.36. The van der Waals surface area contributed by atoms with Gasteiger partial charge in [0.2, 0.25) is 0 Å². The predicted molar refractivity (Wildman–Crippen MR) is 119 cm³/mol. The summed E-state index contributed by atoms with van der Waals surface area (Å²) in [6, 6.07) is 12.5. The second kappa shape index (κ2) is 9.78. The fourth-order valence-electron chi connectivity index (χ4n) is 3.36. The Morgan fingerprint density at radius 3 is 2.45 bits per heavy atom. The molecule has 1 heterocycles. The number of carbonyl (C=O) groups is 1. The molecule has 1 amide bonds. The van der Waals surface area contributed by atoms with Gasteiger partial charge < -0.3 is 19.7 Å². The Hall–Kier alpha value is -3.13. The van der Waals surface area contributed by atoms with Crippen molar-refractivity contribution in [2.75, 3.05) is 44.4 Å². The summed E-state index contributed by atoms with van der Waals surface area (Å²) in [5, 5.41) is 14.1. The number of benzene rings is 2. The quantitative estimate of drug-likeness (QED) is 0.413. The highest BCUT2D eigenvalue weighted by molar-refractivity contribution is 5.99. The van der Waals surface area contributed by atoms with Crippen molar-refractivity contribution in [1.82, 2.24) is 5.32 Å². The van der Waals surface area contributed by atoms with Crippen LogP contribution in [-0.2, 0) is 10.2 Å². The van der Waals surface area contributed by atoms with Crippen molar-refractivity contribution in [3.05, 3.63) is 63.7 Å². The van der Waals surface area contributed by atoms with Gasteiger partial charge in [-0.2, -0.15) is 0 Å². The van der Waals surface area contributed by atoms with E-state index in [1.165, 1.54) is 11.6 Å². The number of morpholine rings is 1. The largest absolute Gasteiger partial charge is 0.492 e. The first kappa shape index (κ1) is 22.6. The minimum atomic E-state index is -0.536. The Kier molecular flexibility index (Phi) is 7.12. The fraction of sp³-hybridized carbons (Fsp3) is 0.435. The number of anilines is 1. The molecule has 0 atom stereocenters. The number of ether oxygens (including phenoxy) is 2. The van der Waals surface area contributed by atoms with Gasteiger partial charge in [0.25, 0.3) is 11.6 Å². The Bertz CT molecular complexity index is 916. The third-order valence-corrected chi connectivity index (χ3v) is 5.17. The van der Waals surface area contributed by atoms with E-state index >= 15 is 0 Å². The molecule has 0 saturated carbocycles. The molecule has 0 bridgehead atoms. The molecule has 1 aliphatic rings. The molecule has 8 nitrogen and oxygen atoms in total. The van der Waals surface area contributed by atoms with Crippen molar-refractivity contribution in [2.45, 2.75) is 26.2 Å². The second-order valence-corrected chi connectivity index (χ2v) is 8.44. The zero-order valence-electron chi connectivity index (χ0n) is 18.2. The molecule has 1 fully saturated rings. The van der Waals surface area contributed by atoms with E-state index in [-0.39, 0.29) is 29.8 Å². The van der Waals surface area contributed by atoms with Crippen LogP contribution in [0.2, 0.25) is 0 Å². The van der Waals surface area contributed by atoms with Crippen LogP contribution >= 0.6 is 0 Å². The number of amides is 1. The second-order valence-electron chi connectivity index (χ2n) is 8.44. The fourth-order valence-corrected chi connectivity index (χ4v) is 3.36. The number of nitro groups is 1. The van der Waals surface area contributed by atoms with E-state index in [9.17, 15) is 14.9 Å². The SMILES string of the molecule is CC(C)(C)c1ccc(OCCNC(=O)c2cc(N3CCOCC3)ccc2[N+](=O)[O-])cc1. The van der Waals surface area contributed by atoms with E-state index in [1.807, 2.05) is 29.2 Å². The molecular weight excluding hydrogens is 398 g/mol. The maximum Gasteiger partial charge on any atom is 0.282 e. The third-order valence-electron chi connectivity index (χ3n) is 5.17. The minimum Gasteiger partial charge on any atom is -0.492 e. The molecule has 0 aliphatic carbocycles. The molecule has 8 heteroatoms. The van der Waals surface area contributed by atoms with Gasteiger partial charge >= 0.3 is 0 Å². The summed E-state index contributed by atoms with van der Waals surface area (Å²) in [6.07, 6.45) is 0. The zero-order chi connectivity index (χ0) is 22.4. The van der Waals surface area contributed by atoms with E-state index in [1.54, 1.807) is 12.1 Å². The number of carbonyl (C=O) groups excluding carboxylic acids is 1. The summed E-state index contributed by atoms with van der Waals surface area (Å²) in [7, 11) is 0. The van der Waals surface area contributed by atoms with Crippen LogP contribution in [0.4, 0.5) is 11.4 Å². The maximum absolute atomic E-state index is 12.7. The van der Waals surface area contributed by atoms with Gasteiger partial charge in [0.05, 0.1) is 24.7 Å². The number of nitro benzene ring substituents is 1. The number of rotatable bonds is 7. The molecule has 1 N–H and O–H groups in total. The van der Waals surface area contributed by atoms with Gasteiger partial charge in [-0.05, 0) is 35.2 Å². The highest BCUT2D eigenvalue weighted by Gasteiger charge is 2.22. The summed E-state index contributed by atoms with van der Waals surface area (Å²) in [5.74, 6) is 0.219. The van der Waals surface area contributed by atoms with E-state index in [2.05, 4.69) is 26.1 Å². The normalized spacial score (nSPS) is 14.2. The lowest BCUT2D eigenvalue weighted by atomic mass is 9.87. The minimum absolute atomic E-state index is 0.0449. The molecule has 31 heavy (non-hydrogen) atoms. The Morgan fingerprint density at radius 2 is 1.84 bits per heavy atom. The van der Waals surface area contributed by atoms with Gasteiger partial charge in [-0.15, -0.1) is 0 Å². The summed E-state index contributed by atoms with van der Waals surface area (Å²) in [5.41, 5.74) is 1.88. The molecule has 0 unspecified atom stereocenters. The lowest BCUT2D eigenvalue weighted by molar-refractivity contribution is -0.385. The van der Waals surface area contributed by atoms with Crippen LogP contribution in [-0.4, -0.2) is 50.3 Å². The van der Waals surface area contributed by atoms with Gasteiger partial charge in [-0.25, -0.2) is 0 Å². The lowest BCUT2D eigenvalue weighted by Gasteiger charge is -2.29. The first-order valence-corrected chi connectivity index (χ1v) is 10.4. The van der Waals surface area contributed by atoms with Crippen LogP contribution in [0.3, 0.4) is 0 Å². The van der Waals surface area contributed by atoms with Crippen molar-refractivity contribution in [1.29, 1.82) is 0 Å². The van der Waals surface area contributed by atoms with Crippen LogP contribution in [0.5, 0.6) is 5.75 Å². The standard InChI is InChI=1S/C23H29N3O5/c1-23(2,3)17-4-7-19(8-5-17)31-13-10-24-22(27)20-16-18(6-9-21(20)26(28)29)25-11-14-30-15-12-25/h4-9,16H,10-15H2,1-3H3,(H,24,27). The molecule has 3 rings (SSSR count). The molecule has 1 saturated heterocycles.